The molecular formula is C15H21N4O6S-. The Kier molecular flexibility index (Phi) is 4.20. The lowest BCUT2D eigenvalue weighted by molar-refractivity contribution is -0.151. The van der Waals surface area contributed by atoms with Gasteiger partial charge in [0.05, 0.1) is 6.04 Å². The minimum absolute atomic E-state index is 0.0635. The zero-order chi connectivity index (χ0) is 18.6. The number of urea groups is 1. The van der Waals surface area contributed by atoms with Gasteiger partial charge in [-0.15, -0.1) is 0 Å². The summed E-state index contributed by atoms with van der Waals surface area (Å²) in [7, 11) is 0. The van der Waals surface area contributed by atoms with E-state index in [1.165, 1.54) is 4.90 Å². The number of amides is 4. The van der Waals surface area contributed by atoms with E-state index in [0.717, 1.165) is 31.0 Å². The molecule has 4 rings (SSSR count). The predicted molar refractivity (Wildman–Crippen MR) is 86.6 cm³/mol. The monoisotopic (exact) mass is 385 g/mol. The summed E-state index contributed by atoms with van der Waals surface area (Å²) in [6.45, 7) is 3.35. The first-order valence-electron chi connectivity index (χ1n) is 8.71. The van der Waals surface area contributed by atoms with Gasteiger partial charge in [0.1, 0.15) is 17.4 Å². The first kappa shape index (κ1) is 17.7. The summed E-state index contributed by atoms with van der Waals surface area (Å²) in [5.41, 5.74) is 0.146. The van der Waals surface area contributed by atoms with Crippen LogP contribution in [0.1, 0.15) is 32.6 Å². The lowest BCUT2D eigenvalue weighted by Gasteiger charge is -2.59. The van der Waals surface area contributed by atoms with Gasteiger partial charge in [-0.25, -0.2) is 9.00 Å². The molecule has 1 aliphatic carbocycles. The smallest absolute Gasteiger partial charge is 0.346 e. The van der Waals surface area contributed by atoms with Gasteiger partial charge in [-0.2, -0.15) is 9.35 Å². The topological polar surface area (TPSA) is 122 Å². The molecule has 4 aliphatic rings. The number of piperidine rings is 1. The molecule has 1 spiro atoms. The van der Waals surface area contributed by atoms with Crippen LogP contribution < -0.4 is 5.32 Å². The van der Waals surface area contributed by atoms with Crippen molar-refractivity contribution >= 4 is 29.2 Å². The summed E-state index contributed by atoms with van der Waals surface area (Å²) in [5, 5.41) is 3.84. The molecule has 26 heavy (non-hydrogen) atoms. The summed E-state index contributed by atoms with van der Waals surface area (Å²) in [4.78, 5) is 39.4. The fourth-order valence-electron chi connectivity index (χ4n) is 4.70. The Bertz CT molecular complexity index is 673. The highest BCUT2D eigenvalue weighted by molar-refractivity contribution is 7.74. The van der Waals surface area contributed by atoms with Crippen LogP contribution in [-0.2, 0) is 25.2 Å². The average Bonchev–Trinajstić information content (AvgIpc) is 2.72. The van der Waals surface area contributed by atoms with Crippen molar-refractivity contribution in [2.24, 2.45) is 5.41 Å². The van der Waals surface area contributed by atoms with E-state index < -0.39 is 23.4 Å². The summed E-state index contributed by atoms with van der Waals surface area (Å²) in [6, 6.07) is -1.46. The SMILES string of the molecule is CC(=O)N1CC2(CC(NC(=O)[C@@H]3CC[C@@H]4CN3C(=O)N4OS(=O)[O-])C2)C1. The lowest BCUT2D eigenvalue weighted by Crippen LogP contribution is -2.68. The Morgan fingerprint density at radius 3 is 2.62 bits per heavy atom. The molecule has 4 fully saturated rings. The van der Waals surface area contributed by atoms with Gasteiger partial charge in [-0.05, 0) is 25.7 Å². The van der Waals surface area contributed by atoms with E-state index in [1.54, 1.807) is 11.8 Å². The number of fused-ring (bicyclic) bond motifs is 2. The molecule has 144 valence electrons. The van der Waals surface area contributed by atoms with Crippen molar-refractivity contribution in [3.63, 3.8) is 0 Å². The molecule has 3 aliphatic heterocycles. The Balaban J connectivity index is 1.30. The van der Waals surface area contributed by atoms with Crippen LogP contribution in [0.3, 0.4) is 0 Å². The van der Waals surface area contributed by atoms with E-state index in [4.69, 9.17) is 0 Å². The van der Waals surface area contributed by atoms with Gasteiger partial charge in [-0.1, -0.05) is 0 Å². The fourth-order valence-corrected chi connectivity index (χ4v) is 5.01. The Hall–Kier alpha value is -1.72. The van der Waals surface area contributed by atoms with Gasteiger partial charge in [0.15, 0.2) is 0 Å². The molecule has 3 heterocycles. The minimum Gasteiger partial charge on any atom is -0.748 e. The molecule has 3 atom stereocenters. The fraction of sp³-hybridized carbons (Fsp3) is 0.800. The lowest BCUT2D eigenvalue weighted by atomic mass is 9.60. The van der Waals surface area contributed by atoms with Gasteiger partial charge >= 0.3 is 6.03 Å². The number of hydrogen-bond acceptors (Lipinski definition) is 6. The van der Waals surface area contributed by atoms with Crippen LogP contribution in [0.15, 0.2) is 0 Å². The quantitative estimate of drug-likeness (QED) is 0.626. The van der Waals surface area contributed by atoms with E-state index >= 15 is 0 Å². The average molecular weight is 385 g/mol. The number of rotatable bonds is 4. The summed E-state index contributed by atoms with van der Waals surface area (Å²) in [6.07, 6.45) is 2.68. The third kappa shape index (κ3) is 2.87. The molecule has 1 saturated carbocycles. The van der Waals surface area contributed by atoms with Crippen LogP contribution >= 0.6 is 0 Å². The Morgan fingerprint density at radius 2 is 2.00 bits per heavy atom. The van der Waals surface area contributed by atoms with E-state index in [0.29, 0.717) is 12.8 Å². The van der Waals surface area contributed by atoms with Gasteiger partial charge in [0.25, 0.3) is 0 Å². The molecule has 10 nitrogen and oxygen atoms in total. The Morgan fingerprint density at radius 1 is 1.31 bits per heavy atom. The maximum Gasteiger partial charge on any atom is 0.346 e. The molecule has 2 bridgehead atoms. The van der Waals surface area contributed by atoms with Crippen molar-refractivity contribution in [3.05, 3.63) is 0 Å². The van der Waals surface area contributed by atoms with Gasteiger partial charge in [-0.3, -0.25) is 9.59 Å². The summed E-state index contributed by atoms with van der Waals surface area (Å²) >= 11 is -2.82. The van der Waals surface area contributed by atoms with E-state index in [1.807, 2.05) is 0 Å². The predicted octanol–water partition coefficient (Wildman–Crippen LogP) is -0.892. The zero-order valence-corrected chi connectivity index (χ0v) is 15.2. The number of nitrogens with zero attached hydrogens (tertiary/aromatic N) is 3. The number of nitrogens with one attached hydrogen (secondary N) is 1. The molecule has 3 saturated heterocycles. The van der Waals surface area contributed by atoms with Crippen LogP contribution in [-0.4, -0.2) is 79.2 Å². The van der Waals surface area contributed by atoms with Crippen molar-refractivity contribution in [3.8, 4) is 0 Å². The number of hydrogen-bond donors (Lipinski definition) is 1. The highest BCUT2D eigenvalue weighted by Crippen LogP contribution is 2.48. The molecule has 0 aromatic heterocycles. The molecule has 1 N–H and O–H groups in total. The summed E-state index contributed by atoms with van der Waals surface area (Å²) < 4.78 is 26.0. The first-order chi connectivity index (χ1) is 12.3. The van der Waals surface area contributed by atoms with Crippen LogP contribution in [0.2, 0.25) is 0 Å². The van der Waals surface area contributed by atoms with Crippen molar-refractivity contribution in [1.29, 1.82) is 0 Å². The molecule has 0 aromatic carbocycles. The second-order valence-corrected chi connectivity index (χ2v) is 8.33. The van der Waals surface area contributed by atoms with Crippen molar-refractivity contribution in [2.45, 2.75) is 50.7 Å². The van der Waals surface area contributed by atoms with Crippen LogP contribution in [0, 0.1) is 5.41 Å². The molecular weight excluding hydrogens is 364 g/mol. The van der Waals surface area contributed by atoms with E-state index in [-0.39, 0.29) is 35.9 Å². The van der Waals surface area contributed by atoms with E-state index in [9.17, 15) is 23.1 Å². The number of hydroxylamine groups is 2. The highest BCUT2D eigenvalue weighted by atomic mass is 32.2. The second-order valence-electron chi connectivity index (χ2n) is 7.78. The summed E-state index contributed by atoms with van der Waals surface area (Å²) in [5.74, 6) is -0.123. The maximum atomic E-state index is 12.6. The van der Waals surface area contributed by atoms with Crippen LogP contribution in [0.25, 0.3) is 0 Å². The largest absolute Gasteiger partial charge is 0.748 e. The van der Waals surface area contributed by atoms with Crippen molar-refractivity contribution in [2.75, 3.05) is 19.6 Å². The van der Waals surface area contributed by atoms with Gasteiger partial charge in [0, 0.05) is 38.0 Å². The van der Waals surface area contributed by atoms with Crippen molar-refractivity contribution < 1.29 is 27.4 Å². The zero-order valence-electron chi connectivity index (χ0n) is 14.4. The molecule has 0 radical (unpaired) electrons. The normalized spacial score (nSPS) is 30.8. The van der Waals surface area contributed by atoms with Crippen LogP contribution in [0.5, 0.6) is 0 Å². The standard InChI is InChI=1S/C15H22N4O6S/c1-9(20)17-7-15(8-17)4-10(5-15)16-13(21)12-3-2-11-6-18(12)14(22)19(11)25-26(23)24/h10-12H,2-8H2,1H3,(H,16,21)(H,23,24)/p-1/t11-,12+/m1/s1. The maximum absolute atomic E-state index is 12.6. The van der Waals surface area contributed by atoms with Gasteiger partial charge < -0.3 is 19.7 Å². The Labute approximate surface area is 153 Å². The molecule has 11 heteroatoms. The van der Waals surface area contributed by atoms with Crippen LogP contribution in [0.4, 0.5) is 4.79 Å². The first-order valence-corrected chi connectivity index (χ1v) is 9.71. The van der Waals surface area contributed by atoms with Gasteiger partial charge in [0.2, 0.25) is 11.8 Å². The number of carbonyl (C=O) groups excluding carboxylic acids is 3. The molecule has 0 aromatic rings. The number of carbonyl (C=O) groups is 3. The second kappa shape index (κ2) is 6.17. The van der Waals surface area contributed by atoms with E-state index in [2.05, 4.69) is 9.60 Å². The highest BCUT2D eigenvalue weighted by Gasteiger charge is 2.54. The molecule has 4 amide bonds. The number of likely N-dealkylation sites (tertiary alicyclic amines) is 1. The van der Waals surface area contributed by atoms with Crippen molar-refractivity contribution in [1.82, 2.24) is 20.2 Å². The third-order valence-corrected chi connectivity index (χ3v) is 6.25. The third-order valence-electron chi connectivity index (χ3n) is 5.97. The minimum atomic E-state index is -2.82. The molecule has 1 unspecified atom stereocenters.